The summed E-state index contributed by atoms with van der Waals surface area (Å²) in [7, 11) is 0. The van der Waals surface area contributed by atoms with Crippen molar-refractivity contribution in [3.05, 3.63) is 18.0 Å². The van der Waals surface area contributed by atoms with E-state index in [2.05, 4.69) is 18.1 Å². The van der Waals surface area contributed by atoms with Gasteiger partial charge >= 0.3 is 0 Å². The highest BCUT2D eigenvalue weighted by Gasteiger charge is 2.40. The molecule has 1 heterocycles. The number of hydrogen-bond acceptors (Lipinski definition) is 3. The van der Waals surface area contributed by atoms with Crippen LogP contribution < -0.4 is 0 Å². The van der Waals surface area contributed by atoms with Crippen molar-refractivity contribution >= 4 is 0 Å². The van der Waals surface area contributed by atoms with Crippen LogP contribution in [0.2, 0.25) is 0 Å². The highest BCUT2D eigenvalue weighted by Crippen LogP contribution is 2.44. The highest BCUT2D eigenvalue weighted by atomic mass is 16.3. The summed E-state index contributed by atoms with van der Waals surface area (Å²) in [6, 6.07) is 4.28. The molecule has 4 nitrogen and oxygen atoms in total. The van der Waals surface area contributed by atoms with E-state index in [-0.39, 0.29) is 0 Å². The third kappa shape index (κ3) is 2.82. The summed E-state index contributed by atoms with van der Waals surface area (Å²) in [5, 5.41) is 24.6. The zero-order valence-corrected chi connectivity index (χ0v) is 11.7. The normalized spacial score (nSPS) is 20.5. The van der Waals surface area contributed by atoms with Gasteiger partial charge in [-0.05, 0) is 25.3 Å². The molecule has 0 saturated heterocycles. The Balaban J connectivity index is 2.26. The van der Waals surface area contributed by atoms with Crippen LogP contribution in [0.3, 0.4) is 0 Å². The average Bonchev–Trinajstić information content (AvgIpc) is 2.74. The Hall–Kier alpha value is -1.34. The third-order valence-electron chi connectivity index (χ3n) is 4.21. The molecule has 2 rings (SSSR count). The fourth-order valence-electron chi connectivity index (χ4n) is 3.06. The van der Waals surface area contributed by atoms with E-state index in [4.69, 9.17) is 0 Å². The first-order chi connectivity index (χ1) is 9.23. The molecular weight excluding hydrogens is 238 g/mol. The monoisotopic (exact) mass is 261 g/mol. The number of hydrogen-bond donors (Lipinski definition) is 1. The van der Waals surface area contributed by atoms with Crippen LogP contribution in [0, 0.1) is 16.7 Å². The molecule has 1 fully saturated rings. The average molecular weight is 261 g/mol. The Morgan fingerprint density at radius 2 is 2.11 bits per heavy atom. The van der Waals surface area contributed by atoms with Crippen LogP contribution in [0.25, 0.3) is 0 Å². The molecule has 0 aliphatic heterocycles. The maximum atomic E-state index is 10.7. The van der Waals surface area contributed by atoms with Gasteiger partial charge in [0.15, 0.2) is 0 Å². The molecular formula is C15H23N3O. The lowest BCUT2D eigenvalue weighted by Crippen LogP contribution is -2.29. The molecule has 1 aliphatic rings. The summed E-state index contributed by atoms with van der Waals surface area (Å²) < 4.78 is 1.84. The SMILES string of the molecule is CCCn1nccc1C(O)C1(C#N)CCCCCC1. The molecule has 1 unspecified atom stereocenters. The lowest BCUT2D eigenvalue weighted by Gasteiger charge is -2.30. The van der Waals surface area contributed by atoms with Gasteiger partial charge in [0.25, 0.3) is 0 Å². The number of rotatable bonds is 4. The predicted octanol–water partition coefficient (Wildman–Crippen LogP) is 3.19. The predicted molar refractivity (Wildman–Crippen MR) is 73.2 cm³/mol. The molecule has 1 saturated carbocycles. The van der Waals surface area contributed by atoms with Crippen LogP contribution in [0.5, 0.6) is 0 Å². The van der Waals surface area contributed by atoms with Crippen molar-refractivity contribution in [3.63, 3.8) is 0 Å². The van der Waals surface area contributed by atoms with E-state index in [1.165, 1.54) is 12.8 Å². The maximum Gasteiger partial charge on any atom is 0.114 e. The minimum absolute atomic E-state index is 0.623. The molecule has 1 N–H and O–H groups in total. The fraction of sp³-hybridized carbons (Fsp3) is 0.733. The van der Waals surface area contributed by atoms with E-state index in [0.717, 1.165) is 44.3 Å². The van der Waals surface area contributed by atoms with Gasteiger partial charge in [0.2, 0.25) is 0 Å². The van der Waals surface area contributed by atoms with Crippen molar-refractivity contribution < 1.29 is 5.11 Å². The van der Waals surface area contributed by atoms with E-state index < -0.39 is 11.5 Å². The number of nitrogens with zero attached hydrogens (tertiary/aromatic N) is 3. The molecule has 0 spiro atoms. The van der Waals surface area contributed by atoms with Crippen molar-refractivity contribution in [1.82, 2.24) is 9.78 Å². The molecule has 0 radical (unpaired) electrons. The molecule has 19 heavy (non-hydrogen) atoms. The summed E-state index contributed by atoms with van der Waals surface area (Å²) in [5.41, 5.74) is 0.174. The summed E-state index contributed by atoms with van der Waals surface area (Å²) in [4.78, 5) is 0. The maximum absolute atomic E-state index is 10.7. The molecule has 4 heteroatoms. The molecule has 0 bridgehead atoms. The Morgan fingerprint density at radius 1 is 1.42 bits per heavy atom. The van der Waals surface area contributed by atoms with E-state index in [9.17, 15) is 10.4 Å². The molecule has 1 aromatic rings. The number of aliphatic hydroxyl groups excluding tert-OH is 1. The van der Waals surface area contributed by atoms with Crippen LogP contribution in [0.1, 0.15) is 63.7 Å². The zero-order chi connectivity index (χ0) is 13.7. The van der Waals surface area contributed by atoms with Crippen molar-refractivity contribution in [3.8, 4) is 6.07 Å². The van der Waals surface area contributed by atoms with Gasteiger partial charge in [-0.1, -0.05) is 32.6 Å². The van der Waals surface area contributed by atoms with Crippen molar-refractivity contribution in [2.24, 2.45) is 5.41 Å². The fourth-order valence-corrected chi connectivity index (χ4v) is 3.06. The van der Waals surface area contributed by atoms with E-state index in [1.54, 1.807) is 6.20 Å². The van der Waals surface area contributed by atoms with Crippen molar-refractivity contribution in [1.29, 1.82) is 5.26 Å². The molecule has 1 atom stereocenters. The summed E-state index contributed by atoms with van der Waals surface area (Å²) >= 11 is 0. The summed E-state index contributed by atoms with van der Waals surface area (Å²) in [6.45, 7) is 2.88. The summed E-state index contributed by atoms with van der Waals surface area (Å²) in [6.07, 6.45) is 7.97. The van der Waals surface area contributed by atoms with Crippen molar-refractivity contribution in [2.75, 3.05) is 0 Å². The van der Waals surface area contributed by atoms with Gasteiger partial charge in [0.05, 0.1) is 17.2 Å². The first kappa shape index (κ1) is 14.1. The molecule has 0 aromatic carbocycles. The van der Waals surface area contributed by atoms with Crippen molar-refractivity contribution in [2.45, 2.75) is 64.5 Å². The number of nitriles is 1. The topological polar surface area (TPSA) is 61.8 Å². The van der Waals surface area contributed by atoms with Crippen LogP contribution in [0.4, 0.5) is 0 Å². The second-order valence-corrected chi connectivity index (χ2v) is 5.56. The highest BCUT2D eigenvalue weighted by molar-refractivity contribution is 5.16. The van der Waals surface area contributed by atoms with Gasteiger partial charge in [-0.25, -0.2) is 0 Å². The second-order valence-electron chi connectivity index (χ2n) is 5.56. The number of aryl methyl sites for hydroxylation is 1. The van der Waals surface area contributed by atoms with Gasteiger partial charge in [-0.2, -0.15) is 10.4 Å². The van der Waals surface area contributed by atoms with Crippen LogP contribution in [0.15, 0.2) is 12.3 Å². The Kier molecular flexibility index (Phi) is 4.60. The smallest absolute Gasteiger partial charge is 0.114 e. The summed E-state index contributed by atoms with van der Waals surface area (Å²) in [5.74, 6) is 0. The first-order valence-electron chi connectivity index (χ1n) is 7.34. The van der Waals surface area contributed by atoms with Crippen LogP contribution >= 0.6 is 0 Å². The molecule has 1 aliphatic carbocycles. The van der Waals surface area contributed by atoms with Gasteiger partial charge < -0.3 is 5.11 Å². The van der Waals surface area contributed by atoms with E-state index in [0.29, 0.717) is 0 Å². The molecule has 104 valence electrons. The molecule has 1 aromatic heterocycles. The van der Waals surface area contributed by atoms with Gasteiger partial charge in [-0.15, -0.1) is 0 Å². The standard InChI is InChI=1S/C15H23N3O/c1-2-11-18-13(7-10-17-18)14(19)15(12-16)8-5-3-4-6-9-15/h7,10,14,19H,2-6,8-9,11H2,1H3. The largest absolute Gasteiger partial charge is 0.385 e. The minimum Gasteiger partial charge on any atom is -0.385 e. The lowest BCUT2D eigenvalue weighted by molar-refractivity contribution is 0.0440. The number of aromatic nitrogens is 2. The van der Waals surface area contributed by atoms with E-state index in [1.807, 2.05) is 10.7 Å². The van der Waals surface area contributed by atoms with Gasteiger partial charge in [-0.3, -0.25) is 4.68 Å². The van der Waals surface area contributed by atoms with Crippen LogP contribution in [-0.4, -0.2) is 14.9 Å². The Labute approximate surface area is 115 Å². The van der Waals surface area contributed by atoms with Crippen LogP contribution in [-0.2, 0) is 6.54 Å². The Morgan fingerprint density at radius 3 is 2.68 bits per heavy atom. The second kappa shape index (κ2) is 6.21. The number of aliphatic hydroxyl groups is 1. The van der Waals surface area contributed by atoms with Gasteiger partial charge in [0.1, 0.15) is 6.10 Å². The lowest BCUT2D eigenvalue weighted by atomic mass is 9.75. The van der Waals surface area contributed by atoms with E-state index >= 15 is 0 Å². The molecule has 0 amide bonds. The Bertz CT molecular complexity index is 438. The first-order valence-corrected chi connectivity index (χ1v) is 7.34. The van der Waals surface area contributed by atoms with Gasteiger partial charge in [0, 0.05) is 12.7 Å². The third-order valence-corrected chi connectivity index (χ3v) is 4.21. The quantitative estimate of drug-likeness (QED) is 0.847. The zero-order valence-electron chi connectivity index (χ0n) is 11.7. The minimum atomic E-state index is -0.718.